The third-order valence-electron chi connectivity index (χ3n) is 6.05. The molecule has 0 spiro atoms. The molecule has 1 atom stereocenters. The van der Waals surface area contributed by atoms with Crippen LogP contribution in [0, 0.1) is 13.8 Å². The van der Waals surface area contributed by atoms with Gasteiger partial charge in [-0.3, -0.25) is 14.5 Å². The molecule has 1 fully saturated rings. The number of nitrogens with zero attached hydrogens (tertiary/aromatic N) is 2. The summed E-state index contributed by atoms with van der Waals surface area (Å²) < 4.78 is 6.47. The molecule has 1 aliphatic heterocycles. The highest BCUT2D eigenvalue weighted by molar-refractivity contribution is 7.22. The van der Waals surface area contributed by atoms with Crippen LogP contribution in [0.25, 0.3) is 16.0 Å². The van der Waals surface area contributed by atoms with Gasteiger partial charge in [-0.15, -0.1) is 0 Å². The zero-order valence-corrected chi connectivity index (χ0v) is 21.5. The van der Waals surface area contributed by atoms with Crippen molar-refractivity contribution in [1.29, 1.82) is 0 Å². The van der Waals surface area contributed by atoms with Crippen molar-refractivity contribution in [1.82, 2.24) is 4.98 Å². The first-order valence-electron chi connectivity index (χ1n) is 11.5. The van der Waals surface area contributed by atoms with E-state index in [1.165, 1.54) is 16.2 Å². The van der Waals surface area contributed by atoms with Crippen LogP contribution >= 0.6 is 22.9 Å². The van der Waals surface area contributed by atoms with Gasteiger partial charge in [-0.1, -0.05) is 53.3 Å². The number of aliphatic hydroxyl groups excluding tert-OH is 1. The number of fused-ring (bicyclic) bond motifs is 1. The maximum atomic E-state index is 13.5. The fraction of sp³-hybridized carbons (Fsp3) is 0.179. The number of carbonyl (C=O) groups is 2. The number of aromatic nitrogens is 1. The largest absolute Gasteiger partial charge is 0.507 e. The molecular weight excluding hydrogens is 496 g/mol. The summed E-state index contributed by atoms with van der Waals surface area (Å²) in [6.07, 6.45) is 0. The summed E-state index contributed by atoms with van der Waals surface area (Å²) in [7, 11) is 0. The zero-order chi connectivity index (χ0) is 25.6. The number of Topliss-reactive ketones (excluding diaryl/α,β-unsaturated/α-hetero) is 1. The van der Waals surface area contributed by atoms with E-state index in [1.54, 1.807) is 48.5 Å². The van der Waals surface area contributed by atoms with Crippen LogP contribution in [0.1, 0.15) is 35.2 Å². The average molecular weight is 519 g/mol. The Bertz CT molecular complexity index is 1560. The molecule has 0 radical (unpaired) electrons. The number of rotatable bonds is 5. The summed E-state index contributed by atoms with van der Waals surface area (Å²) in [6, 6.07) is 16.9. The van der Waals surface area contributed by atoms with E-state index in [9.17, 15) is 14.7 Å². The molecule has 3 aromatic carbocycles. The number of hydrogen-bond acceptors (Lipinski definition) is 6. The topological polar surface area (TPSA) is 79.7 Å². The molecule has 6 nitrogen and oxygen atoms in total. The Morgan fingerprint density at radius 1 is 1.11 bits per heavy atom. The number of aliphatic hydroxyl groups is 1. The van der Waals surface area contributed by atoms with Gasteiger partial charge >= 0.3 is 5.91 Å². The predicted octanol–water partition coefficient (Wildman–Crippen LogP) is 6.59. The zero-order valence-electron chi connectivity index (χ0n) is 19.9. The fourth-order valence-electron chi connectivity index (χ4n) is 4.54. The number of anilines is 1. The average Bonchev–Trinajstić information content (AvgIpc) is 3.38. The third-order valence-corrected chi connectivity index (χ3v) is 7.29. The first-order chi connectivity index (χ1) is 17.3. The van der Waals surface area contributed by atoms with E-state index in [0.717, 1.165) is 21.3 Å². The number of amides is 1. The van der Waals surface area contributed by atoms with Gasteiger partial charge in [0.2, 0.25) is 0 Å². The third kappa shape index (κ3) is 4.14. The first-order valence-corrected chi connectivity index (χ1v) is 12.7. The van der Waals surface area contributed by atoms with Crippen molar-refractivity contribution in [3.8, 4) is 5.75 Å². The van der Waals surface area contributed by atoms with Gasteiger partial charge in [-0.05, 0) is 67.8 Å². The maximum Gasteiger partial charge on any atom is 0.301 e. The summed E-state index contributed by atoms with van der Waals surface area (Å²) in [6.45, 7) is 6.28. The van der Waals surface area contributed by atoms with Crippen LogP contribution in [0.2, 0.25) is 5.02 Å². The highest BCUT2D eigenvalue weighted by Crippen LogP contribution is 2.45. The van der Waals surface area contributed by atoms with Crippen LogP contribution in [0.3, 0.4) is 0 Å². The molecule has 8 heteroatoms. The van der Waals surface area contributed by atoms with Gasteiger partial charge in [-0.2, -0.15) is 0 Å². The Hall–Kier alpha value is -3.68. The standard InChI is InChI=1S/C28H23ClN2O4S/c1-4-35-20-10-6-8-18(14-20)25(32)22-24(17-7-5-9-19(29)13-17)31(27(34)26(22)33)28-30-23-16(3)11-15(2)12-21(23)36-28/h5-14,24,32H,4H2,1-3H3/b25-22+. The number of thiazole rings is 1. The second-order valence-corrected chi connectivity index (χ2v) is 10.1. The summed E-state index contributed by atoms with van der Waals surface area (Å²) in [5, 5.41) is 12.2. The van der Waals surface area contributed by atoms with Gasteiger partial charge in [0.15, 0.2) is 5.13 Å². The number of halogens is 1. The quantitative estimate of drug-likeness (QED) is 0.183. The van der Waals surface area contributed by atoms with Crippen molar-refractivity contribution >= 4 is 55.7 Å². The number of hydrogen-bond donors (Lipinski definition) is 1. The normalized spacial score (nSPS) is 17.2. The van der Waals surface area contributed by atoms with Crippen LogP contribution in [0.5, 0.6) is 5.75 Å². The van der Waals surface area contributed by atoms with Gasteiger partial charge in [-0.25, -0.2) is 4.98 Å². The highest BCUT2D eigenvalue weighted by atomic mass is 35.5. The van der Waals surface area contributed by atoms with Crippen molar-refractivity contribution in [3.05, 3.63) is 93.5 Å². The highest BCUT2D eigenvalue weighted by Gasteiger charge is 2.48. The molecule has 36 heavy (non-hydrogen) atoms. The first kappa shape index (κ1) is 24.0. The van der Waals surface area contributed by atoms with E-state index in [-0.39, 0.29) is 11.3 Å². The molecule has 1 N–H and O–H groups in total. The number of ether oxygens (including phenoxy) is 1. The lowest BCUT2D eigenvalue weighted by Gasteiger charge is -2.23. The minimum Gasteiger partial charge on any atom is -0.507 e. The van der Waals surface area contributed by atoms with E-state index >= 15 is 0 Å². The van der Waals surface area contributed by atoms with Gasteiger partial charge < -0.3 is 9.84 Å². The van der Waals surface area contributed by atoms with Crippen molar-refractivity contribution in [2.75, 3.05) is 11.5 Å². The molecule has 2 heterocycles. The number of benzene rings is 3. The van der Waals surface area contributed by atoms with Gasteiger partial charge in [0.25, 0.3) is 5.78 Å². The Kier molecular flexibility index (Phi) is 6.28. The second kappa shape index (κ2) is 9.41. The molecule has 1 aliphatic rings. The Morgan fingerprint density at radius 3 is 2.64 bits per heavy atom. The molecule has 0 saturated carbocycles. The van der Waals surface area contributed by atoms with Crippen LogP contribution in [-0.2, 0) is 9.59 Å². The van der Waals surface area contributed by atoms with Crippen molar-refractivity contribution < 1.29 is 19.4 Å². The molecule has 4 aromatic rings. The Morgan fingerprint density at radius 2 is 1.89 bits per heavy atom. The van der Waals surface area contributed by atoms with Crippen LogP contribution in [0.15, 0.2) is 66.2 Å². The smallest absolute Gasteiger partial charge is 0.301 e. The van der Waals surface area contributed by atoms with Gasteiger partial charge in [0.05, 0.1) is 28.4 Å². The molecule has 1 amide bonds. The molecule has 1 aromatic heterocycles. The minimum absolute atomic E-state index is 0.0249. The van der Waals surface area contributed by atoms with Crippen molar-refractivity contribution in [2.45, 2.75) is 26.8 Å². The van der Waals surface area contributed by atoms with Crippen molar-refractivity contribution in [3.63, 3.8) is 0 Å². The Labute approximate surface area is 217 Å². The maximum absolute atomic E-state index is 13.5. The molecule has 0 aliphatic carbocycles. The van der Waals surface area contributed by atoms with Crippen LogP contribution in [0.4, 0.5) is 5.13 Å². The lowest BCUT2D eigenvalue weighted by Crippen LogP contribution is -2.29. The van der Waals surface area contributed by atoms with Gasteiger partial charge in [0.1, 0.15) is 11.5 Å². The molecule has 5 rings (SSSR count). The number of aryl methyl sites for hydroxylation is 2. The summed E-state index contributed by atoms with van der Waals surface area (Å²) in [4.78, 5) is 33.0. The monoisotopic (exact) mass is 518 g/mol. The predicted molar refractivity (Wildman–Crippen MR) is 143 cm³/mol. The SMILES string of the molecule is CCOc1cccc(/C(O)=C2\C(=O)C(=O)N(c3nc4c(C)cc(C)cc4s3)C2c2cccc(Cl)c2)c1. The summed E-state index contributed by atoms with van der Waals surface area (Å²) in [5.41, 5.74) is 3.78. The van der Waals surface area contributed by atoms with Crippen LogP contribution < -0.4 is 9.64 Å². The summed E-state index contributed by atoms with van der Waals surface area (Å²) in [5.74, 6) is -1.27. The molecule has 182 valence electrons. The van der Waals surface area contributed by atoms with Crippen LogP contribution in [-0.4, -0.2) is 28.4 Å². The lowest BCUT2D eigenvalue weighted by molar-refractivity contribution is -0.132. The second-order valence-electron chi connectivity index (χ2n) is 8.61. The summed E-state index contributed by atoms with van der Waals surface area (Å²) >= 11 is 7.63. The fourth-order valence-corrected chi connectivity index (χ4v) is 5.91. The van der Waals surface area contributed by atoms with E-state index in [0.29, 0.717) is 33.6 Å². The molecular formula is C28H23ClN2O4S. The van der Waals surface area contributed by atoms with E-state index in [4.69, 9.17) is 21.3 Å². The molecule has 0 bridgehead atoms. The van der Waals surface area contributed by atoms with E-state index in [1.807, 2.05) is 32.9 Å². The molecule has 1 saturated heterocycles. The molecule has 1 unspecified atom stereocenters. The number of ketones is 1. The number of carbonyl (C=O) groups excluding carboxylic acids is 2. The van der Waals surface area contributed by atoms with Gasteiger partial charge in [0, 0.05) is 10.6 Å². The van der Waals surface area contributed by atoms with E-state index in [2.05, 4.69) is 0 Å². The van der Waals surface area contributed by atoms with Crippen molar-refractivity contribution in [2.24, 2.45) is 0 Å². The van der Waals surface area contributed by atoms with E-state index < -0.39 is 17.7 Å². The minimum atomic E-state index is -0.901. The lowest BCUT2D eigenvalue weighted by atomic mass is 9.95. The Balaban J connectivity index is 1.73.